The number of amides is 1. The van der Waals surface area contributed by atoms with Crippen molar-refractivity contribution in [3.05, 3.63) is 56.8 Å². The Kier molecular flexibility index (Phi) is 6.62. The van der Waals surface area contributed by atoms with Gasteiger partial charge in [0, 0.05) is 5.02 Å². The molecule has 3 heterocycles. The Hall–Kier alpha value is -1.74. The summed E-state index contributed by atoms with van der Waals surface area (Å²) >= 11 is 12.8. The zero-order valence-electron chi connectivity index (χ0n) is 17.6. The van der Waals surface area contributed by atoms with E-state index in [-0.39, 0.29) is 17.4 Å². The molecule has 2 aliphatic heterocycles. The number of fused-ring (bicyclic) bond motifs is 2. The molecule has 1 N–H and O–H groups in total. The number of hydrogen-bond donors (Lipinski definition) is 1. The number of ether oxygens (including phenoxy) is 1. The van der Waals surface area contributed by atoms with Gasteiger partial charge in [-0.05, 0) is 12.1 Å². The van der Waals surface area contributed by atoms with Crippen LogP contribution < -0.4 is 10.3 Å². The third kappa shape index (κ3) is 4.63. The standard InChI is InChI=1S/C22H20Cl2N4O3SSe/c1-27-6-7-28(17-10-32-33-11-18(17)27)22(30)31-19-5-3-13(24)9-15(19)20-25-16-4-2-12(23)8-14(16)21(29)26-20/h2-5,8-9,17-18H,6-7,10-11H2,1H3,(H,25,26,29)/t17-,18-/m1/s1. The molecule has 2 fully saturated rings. The number of hydrogen-bond acceptors (Lipinski definition) is 6. The van der Waals surface area contributed by atoms with Gasteiger partial charge in [-0.2, -0.15) is 0 Å². The van der Waals surface area contributed by atoms with Gasteiger partial charge in [-0.25, -0.2) is 0 Å². The average molecular weight is 570 g/mol. The number of nitrogens with one attached hydrogen (secondary N) is 1. The molecule has 0 bridgehead atoms. The Morgan fingerprint density at radius 3 is 2.82 bits per heavy atom. The van der Waals surface area contributed by atoms with E-state index in [2.05, 4.69) is 21.9 Å². The number of likely N-dealkylation sites (N-methyl/N-ethyl adjacent to an activating group) is 1. The minimum absolute atomic E-state index is 0.121. The van der Waals surface area contributed by atoms with Crippen LogP contribution >= 0.6 is 33.4 Å². The Morgan fingerprint density at radius 1 is 1.18 bits per heavy atom. The van der Waals surface area contributed by atoms with Crippen LogP contribution in [0.2, 0.25) is 15.4 Å². The van der Waals surface area contributed by atoms with Gasteiger partial charge < -0.3 is 0 Å². The van der Waals surface area contributed by atoms with Crippen molar-refractivity contribution in [1.29, 1.82) is 0 Å². The number of carbonyl (C=O) groups is 1. The summed E-state index contributed by atoms with van der Waals surface area (Å²) in [7, 11) is 4.05. The Labute approximate surface area is 210 Å². The number of nitrogens with zero attached hydrogens (tertiary/aromatic N) is 3. The Balaban J connectivity index is 1.48. The third-order valence-electron chi connectivity index (χ3n) is 5.96. The number of aromatic nitrogens is 2. The molecule has 0 spiro atoms. The molecule has 1 amide bonds. The van der Waals surface area contributed by atoms with Gasteiger partial charge in [-0.15, -0.1) is 0 Å². The molecule has 5 rings (SSSR count). The SMILES string of the molecule is CN1CCN(C(=O)Oc2ccc(Cl)cc2-c2nc3ccc(Cl)cc3c(=O)[nH]2)[C@@H]2CS[Se]C[C@H]21. The second-order valence-electron chi connectivity index (χ2n) is 7.96. The van der Waals surface area contributed by atoms with Crippen molar-refractivity contribution in [2.75, 3.05) is 25.9 Å². The molecule has 11 heteroatoms. The van der Waals surface area contributed by atoms with Crippen LogP contribution in [0.15, 0.2) is 41.2 Å². The number of benzene rings is 2. The van der Waals surface area contributed by atoms with Crippen molar-refractivity contribution >= 4 is 64.2 Å². The fourth-order valence-electron chi connectivity index (χ4n) is 4.17. The van der Waals surface area contributed by atoms with E-state index in [1.54, 1.807) is 36.4 Å². The van der Waals surface area contributed by atoms with E-state index in [1.165, 1.54) is 0 Å². The molecule has 3 aromatic rings. The second kappa shape index (κ2) is 9.49. The fraction of sp³-hybridized carbons (Fsp3) is 0.318. The van der Waals surface area contributed by atoms with Gasteiger partial charge >= 0.3 is 182 Å². The molecule has 0 saturated carbocycles. The van der Waals surface area contributed by atoms with Crippen LogP contribution in [0.4, 0.5) is 4.79 Å². The van der Waals surface area contributed by atoms with E-state index in [4.69, 9.17) is 27.9 Å². The van der Waals surface area contributed by atoms with Gasteiger partial charge in [-0.3, -0.25) is 0 Å². The first kappa shape index (κ1) is 23.0. The Bertz CT molecular complexity index is 1290. The number of halogens is 2. The van der Waals surface area contributed by atoms with E-state index in [9.17, 15) is 9.59 Å². The Morgan fingerprint density at radius 2 is 1.97 bits per heavy atom. The van der Waals surface area contributed by atoms with Crippen LogP contribution in [0, 0.1) is 0 Å². The molecule has 0 unspecified atom stereocenters. The fourth-order valence-corrected chi connectivity index (χ4v) is 9.35. The molecule has 0 aliphatic carbocycles. The van der Waals surface area contributed by atoms with Crippen LogP contribution in [0.1, 0.15) is 0 Å². The van der Waals surface area contributed by atoms with E-state index in [0.717, 1.165) is 17.6 Å². The molecule has 2 aliphatic rings. The van der Waals surface area contributed by atoms with Crippen LogP contribution in [-0.2, 0) is 0 Å². The summed E-state index contributed by atoms with van der Waals surface area (Å²) in [4.78, 5) is 37.4. The van der Waals surface area contributed by atoms with Crippen LogP contribution in [-0.4, -0.2) is 77.7 Å². The monoisotopic (exact) mass is 570 g/mol. The summed E-state index contributed by atoms with van der Waals surface area (Å²) in [6.45, 7) is 1.42. The van der Waals surface area contributed by atoms with Crippen LogP contribution in [0.5, 0.6) is 5.75 Å². The summed E-state index contributed by atoms with van der Waals surface area (Å²) in [6.07, 6.45) is -0.397. The van der Waals surface area contributed by atoms with Crippen molar-refractivity contribution in [3.8, 4) is 17.1 Å². The predicted molar refractivity (Wildman–Crippen MR) is 134 cm³/mol. The first-order valence-electron chi connectivity index (χ1n) is 10.3. The molecule has 7 nitrogen and oxygen atoms in total. The molecule has 1 aromatic heterocycles. The summed E-state index contributed by atoms with van der Waals surface area (Å²) in [5.41, 5.74) is 0.591. The number of carbonyl (C=O) groups excluding carboxylic acids is 1. The second-order valence-corrected chi connectivity index (χ2v) is 13.3. The third-order valence-corrected chi connectivity index (χ3v) is 10.7. The molecule has 33 heavy (non-hydrogen) atoms. The average Bonchev–Trinajstić information content (AvgIpc) is 2.81. The van der Waals surface area contributed by atoms with Crippen LogP contribution in [0.3, 0.4) is 0 Å². The van der Waals surface area contributed by atoms with Crippen LogP contribution in [0.25, 0.3) is 22.3 Å². The summed E-state index contributed by atoms with van der Waals surface area (Å²) in [5.74, 6) is 1.48. The summed E-state index contributed by atoms with van der Waals surface area (Å²) in [6, 6.07) is 10.3. The number of aromatic amines is 1. The van der Waals surface area contributed by atoms with Crippen molar-refractivity contribution in [2.24, 2.45) is 0 Å². The van der Waals surface area contributed by atoms with Gasteiger partial charge in [0.1, 0.15) is 0 Å². The van der Waals surface area contributed by atoms with E-state index in [1.807, 2.05) is 15.1 Å². The number of rotatable bonds is 2. The van der Waals surface area contributed by atoms with E-state index >= 15 is 0 Å². The molecule has 0 radical (unpaired) electrons. The quantitative estimate of drug-likeness (QED) is 0.467. The van der Waals surface area contributed by atoms with E-state index in [0.29, 0.717) is 58.7 Å². The first-order chi connectivity index (χ1) is 15.9. The minimum atomic E-state index is -0.397. The topological polar surface area (TPSA) is 78.5 Å². The molecule has 2 aromatic carbocycles. The summed E-state index contributed by atoms with van der Waals surface area (Å²) in [5, 5.41) is 2.38. The summed E-state index contributed by atoms with van der Waals surface area (Å²) < 4.78 is 5.87. The van der Waals surface area contributed by atoms with Gasteiger partial charge in [0.05, 0.1) is 0 Å². The van der Waals surface area contributed by atoms with Gasteiger partial charge in [-0.1, -0.05) is 11.6 Å². The molecule has 2 atom stereocenters. The molecule has 2 saturated heterocycles. The van der Waals surface area contributed by atoms with Gasteiger partial charge in [0.15, 0.2) is 0 Å². The van der Waals surface area contributed by atoms with E-state index < -0.39 is 6.09 Å². The van der Waals surface area contributed by atoms with Crippen molar-refractivity contribution < 1.29 is 9.53 Å². The van der Waals surface area contributed by atoms with Crippen molar-refractivity contribution in [2.45, 2.75) is 17.4 Å². The number of H-pyrrole nitrogens is 1. The molecular weight excluding hydrogens is 550 g/mol. The first-order valence-corrected chi connectivity index (χ1v) is 15.3. The van der Waals surface area contributed by atoms with Crippen molar-refractivity contribution in [3.63, 3.8) is 0 Å². The zero-order valence-corrected chi connectivity index (χ0v) is 21.6. The maximum atomic E-state index is 13.3. The van der Waals surface area contributed by atoms with Crippen molar-refractivity contribution in [1.82, 2.24) is 19.8 Å². The van der Waals surface area contributed by atoms with Gasteiger partial charge in [0.25, 0.3) is 0 Å². The predicted octanol–water partition coefficient (Wildman–Crippen LogP) is 4.16. The number of piperazine rings is 1. The molecule has 172 valence electrons. The molecular formula is C22H20Cl2N4O3SSe. The zero-order chi connectivity index (χ0) is 23.1. The maximum absolute atomic E-state index is 13.3. The van der Waals surface area contributed by atoms with Gasteiger partial charge in [0.2, 0.25) is 0 Å². The normalized spacial score (nSPS) is 21.1.